The summed E-state index contributed by atoms with van der Waals surface area (Å²) < 4.78 is 6.88. The fourth-order valence-corrected chi connectivity index (χ4v) is 1.74. The number of aromatic nitrogens is 2. The summed E-state index contributed by atoms with van der Waals surface area (Å²) >= 11 is 0. The minimum Gasteiger partial charge on any atom is -0.477 e. The third-order valence-corrected chi connectivity index (χ3v) is 2.78. The van der Waals surface area contributed by atoms with Gasteiger partial charge in [-0.15, -0.1) is 0 Å². The van der Waals surface area contributed by atoms with Crippen LogP contribution in [0.5, 0.6) is 0 Å². The van der Waals surface area contributed by atoms with E-state index < -0.39 is 5.97 Å². The molecule has 6 nitrogen and oxygen atoms in total. The molecule has 0 aliphatic carbocycles. The highest BCUT2D eigenvalue weighted by Gasteiger charge is 2.16. The van der Waals surface area contributed by atoms with E-state index in [1.807, 2.05) is 6.92 Å². The molecule has 2 rings (SSSR count). The van der Waals surface area contributed by atoms with Gasteiger partial charge in [-0.2, -0.15) is 0 Å². The summed E-state index contributed by atoms with van der Waals surface area (Å²) in [5.41, 5.74) is 0.404. The highest BCUT2D eigenvalue weighted by Crippen LogP contribution is 2.13. The Bertz CT molecular complexity index is 624. The van der Waals surface area contributed by atoms with Crippen LogP contribution in [0.3, 0.4) is 0 Å². The van der Waals surface area contributed by atoms with Gasteiger partial charge in [-0.3, -0.25) is 4.79 Å². The molecule has 100 valence electrons. The van der Waals surface area contributed by atoms with Gasteiger partial charge in [0.05, 0.1) is 12.7 Å². The van der Waals surface area contributed by atoms with Crippen LogP contribution in [0.1, 0.15) is 46.3 Å². The molecule has 6 heteroatoms. The van der Waals surface area contributed by atoms with Crippen LogP contribution in [0.15, 0.2) is 22.9 Å². The van der Waals surface area contributed by atoms with Crippen LogP contribution in [0.25, 0.3) is 0 Å². The third-order valence-electron chi connectivity index (χ3n) is 2.78. The second-order valence-electron chi connectivity index (χ2n) is 4.18. The molecule has 0 fully saturated rings. The second kappa shape index (κ2) is 5.09. The Hall–Kier alpha value is -2.37. The van der Waals surface area contributed by atoms with Crippen LogP contribution >= 0.6 is 0 Å². The SMILES string of the molecule is CCc1cnc(Cn2cc(C(C)=O)cc2C(=O)O)o1. The molecular weight excluding hydrogens is 248 g/mol. The van der Waals surface area contributed by atoms with E-state index in [2.05, 4.69) is 4.98 Å². The fourth-order valence-electron chi connectivity index (χ4n) is 1.74. The van der Waals surface area contributed by atoms with Crippen molar-refractivity contribution >= 4 is 11.8 Å². The number of rotatable bonds is 5. The van der Waals surface area contributed by atoms with Crippen molar-refractivity contribution in [1.29, 1.82) is 0 Å². The molecule has 0 aliphatic heterocycles. The number of Topliss-reactive ketones (excluding diaryl/α,β-unsaturated/α-hetero) is 1. The van der Waals surface area contributed by atoms with Crippen molar-refractivity contribution in [3.8, 4) is 0 Å². The number of hydrogen-bond donors (Lipinski definition) is 1. The molecule has 19 heavy (non-hydrogen) atoms. The van der Waals surface area contributed by atoms with E-state index in [1.54, 1.807) is 6.20 Å². The van der Waals surface area contributed by atoms with Gasteiger partial charge in [0.1, 0.15) is 11.5 Å². The predicted molar refractivity (Wildman–Crippen MR) is 66.4 cm³/mol. The Labute approximate surface area is 109 Å². The lowest BCUT2D eigenvalue weighted by atomic mass is 10.2. The van der Waals surface area contributed by atoms with E-state index in [4.69, 9.17) is 9.52 Å². The molecule has 0 amide bonds. The fraction of sp³-hybridized carbons (Fsp3) is 0.308. The van der Waals surface area contributed by atoms with Gasteiger partial charge in [-0.05, 0) is 13.0 Å². The van der Waals surface area contributed by atoms with E-state index in [0.29, 0.717) is 11.5 Å². The highest BCUT2D eigenvalue weighted by molar-refractivity contribution is 5.97. The van der Waals surface area contributed by atoms with Crippen LogP contribution in [0, 0.1) is 0 Å². The zero-order valence-electron chi connectivity index (χ0n) is 10.7. The van der Waals surface area contributed by atoms with E-state index in [0.717, 1.165) is 12.2 Å². The standard InChI is InChI=1S/C13H14N2O4/c1-3-10-5-14-12(19-10)7-15-6-9(8(2)16)4-11(15)13(17)18/h4-6H,3,7H2,1-2H3,(H,17,18). The third kappa shape index (κ3) is 2.73. The van der Waals surface area contributed by atoms with Gasteiger partial charge in [0.15, 0.2) is 5.78 Å². The lowest BCUT2D eigenvalue weighted by Gasteiger charge is -2.02. The lowest BCUT2D eigenvalue weighted by Crippen LogP contribution is -2.08. The topological polar surface area (TPSA) is 85.3 Å². The number of ketones is 1. The summed E-state index contributed by atoms with van der Waals surface area (Å²) in [6, 6.07) is 1.36. The number of hydrogen-bond acceptors (Lipinski definition) is 4. The van der Waals surface area contributed by atoms with Crippen molar-refractivity contribution in [1.82, 2.24) is 9.55 Å². The Morgan fingerprint density at radius 3 is 2.74 bits per heavy atom. The first kappa shape index (κ1) is 13.1. The molecule has 1 N–H and O–H groups in total. The number of oxazole rings is 1. The van der Waals surface area contributed by atoms with Crippen molar-refractivity contribution in [2.45, 2.75) is 26.8 Å². The van der Waals surface area contributed by atoms with Crippen molar-refractivity contribution in [2.24, 2.45) is 0 Å². The smallest absolute Gasteiger partial charge is 0.352 e. The van der Waals surface area contributed by atoms with Gasteiger partial charge >= 0.3 is 5.97 Å². The van der Waals surface area contributed by atoms with Crippen LogP contribution in [0.4, 0.5) is 0 Å². The molecule has 2 aromatic heterocycles. The minimum atomic E-state index is -1.09. The lowest BCUT2D eigenvalue weighted by molar-refractivity contribution is 0.0685. The maximum atomic E-state index is 11.3. The molecule has 0 aliphatic rings. The number of carboxylic acids is 1. The van der Waals surface area contributed by atoms with Crippen molar-refractivity contribution in [2.75, 3.05) is 0 Å². The van der Waals surface area contributed by atoms with Gasteiger partial charge in [-0.25, -0.2) is 9.78 Å². The number of carbonyl (C=O) groups is 2. The molecule has 0 aromatic carbocycles. The molecule has 0 spiro atoms. The van der Waals surface area contributed by atoms with E-state index in [1.165, 1.54) is 23.8 Å². The van der Waals surface area contributed by atoms with E-state index in [-0.39, 0.29) is 18.0 Å². The van der Waals surface area contributed by atoms with Crippen LogP contribution in [-0.4, -0.2) is 26.4 Å². The average Bonchev–Trinajstić information content (AvgIpc) is 2.96. The summed E-state index contributed by atoms with van der Waals surface area (Å²) in [6.45, 7) is 3.52. The van der Waals surface area contributed by atoms with Gasteiger partial charge in [0, 0.05) is 18.2 Å². The average molecular weight is 262 g/mol. The van der Waals surface area contributed by atoms with Crippen molar-refractivity contribution in [3.63, 3.8) is 0 Å². The Balaban J connectivity index is 2.32. The predicted octanol–water partition coefficient (Wildman–Crippen LogP) is 1.99. The maximum absolute atomic E-state index is 11.3. The molecule has 0 saturated carbocycles. The van der Waals surface area contributed by atoms with Crippen LogP contribution in [-0.2, 0) is 13.0 Å². The summed E-state index contributed by atoms with van der Waals surface area (Å²) in [5, 5.41) is 9.11. The van der Waals surface area contributed by atoms with Gasteiger partial charge < -0.3 is 14.1 Å². The van der Waals surface area contributed by atoms with Gasteiger partial charge in [0.2, 0.25) is 5.89 Å². The Morgan fingerprint density at radius 2 is 2.21 bits per heavy atom. The first-order valence-electron chi connectivity index (χ1n) is 5.89. The summed E-state index contributed by atoms with van der Waals surface area (Å²) in [6.07, 6.45) is 3.84. The van der Waals surface area contributed by atoms with Crippen molar-refractivity contribution < 1.29 is 19.1 Å². The Kier molecular flexibility index (Phi) is 3.50. The zero-order chi connectivity index (χ0) is 14.0. The van der Waals surface area contributed by atoms with Gasteiger partial charge in [-0.1, -0.05) is 6.92 Å². The second-order valence-corrected chi connectivity index (χ2v) is 4.18. The molecule has 0 bridgehead atoms. The molecular formula is C13H14N2O4. The summed E-state index contributed by atoms with van der Waals surface area (Å²) in [7, 11) is 0. The Morgan fingerprint density at radius 1 is 1.47 bits per heavy atom. The summed E-state index contributed by atoms with van der Waals surface area (Å²) in [4.78, 5) is 26.5. The number of nitrogens with zero attached hydrogens (tertiary/aromatic N) is 2. The number of carbonyl (C=O) groups excluding carboxylic acids is 1. The normalized spacial score (nSPS) is 10.6. The monoisotopic (exact) mass is 262 g/mol. The van der Waals surface area contributed by atoms with Gasteiger partial charge in [0.25, 0.3) is 0 Å². The first-order valence-corrected chi connectivity index (χ1v) is 5.89. The summed E-state index contributed by atoms with van der Waals surface area (Å²) in [5.74, 6) is -0.103. The number of aryl methyl sites for hydroxylation is 1. The van der Waals surface area contributed by atoms with Crippen molar-refractivity contribution in [3.05, 3.63) is 41.4 Å². The zero-order valence-corrected chi connectivity index (χ0v) is 10.7. The molecule has 0 radical (unpaired) electrons. The molecule has 0 saturated heterocycles. The molecule has 0 atom stereocenters. The number of aromatic carboxylic acids is 1. The van der Waals surface area contributed by atoms with Crippen LogP contribution < -0.4 is 0 Å². The maximum Gasteiger partial charge on any atom is 0.352 e. The molecule has 2 aromatic rings. The van der Waals surface area contributed by atoms with E-state index in [9.17, 15) is 9.59 Å². The quantitative estimate of drug-likeness (QED) is 0.833. The minimum absolute atomic E-state index is 0.0430. The van der Waals surface area contributed by atoms with E-state index >= 15 is 0 Å². The van der Waals surface area contributed by atoms with Crippen LogP contribution in [0.2, 0.25) is 0 Å². The highest BCUT2D eigenvalue weighted by atomic mass is 16.4. The molecule has 2 heterocycles. The largest absolute Gasteiger partial charge is 0.477 e. The molecule has 0 unspecified atom stereocenters. The first-order chi connectivity index (χ1) is 9.01. The number of carboxylic acid groups (broad SMARTS) is 1.